The summed E-state index contributed by atoms with van der Waals surface area (Å²) >= 11 is 2.94. The van der Waals surface area contributed by atoms with Crippen LogP contribution < -0.4 is 11.0 Å². The number of unbranched alkanes of at least 4 members (excludes halogenated alkanes) is 1. The molecule has 24 heavy (non-hydrogen) atoms. The molecule has 1 unspecified atom stereocenters. The van der Waals surface area contributed by atoms with E-state index in [-0.39, 0.29) is 23.4 Å². The molecule has 1 amide bonds. The second-order valence-corrected chi connectivity index (χ2v) is 7.83. The summed E-state index contributed by atoms with van der Waals surface area (Å²) in [4.78, 5) is 25.2. The SMILES string of the molecule is CCCCn1c(SCC(=O)NC(c2cccs2)C(C)C)n[nH]c1=O. The molecule has 0 bridgehead atoms. The Morgan fingerprint density at radius 3 is 2.92 bits per heavy atom. The van der Waals surface area contributed by atoms with Gasteiger partial charge in [0, 0.05) is 11.4 Å². The van der Waals surface area contributed by atoms with Gasteiger partial charge in [0.05, 0.1) is 11.8 Å². The quantitative estimate of drug-likeness (QED) is 0.667. The molecule has 2 aromatic rings. The summed E-state index contributed by atoms with van der Waals surface area (Å²) in [7, 11) is 0. The smallest absolute Gasteiger partial charge is 0.343 e. The molecule has 2 heterocycles. The molecule has 0 aromatic carbocycles. The summed E-state index contributed by atoms with van der Waals surface area (Å²) in [5.41, 5.74) is -0.218. The van der Waals surface area contributed by atoms with E-state index in [9.17, 15) is 9.59 Å². The number of rotatable bonds is 9. The van der Waals surface area contributed by atoms with Crippen LogP contribution >= 0.6 is 23.1 Å². The van der Waals surface area contributed by atoms with Gasteiger partial charge in [0.25, 0.3) is 0 Å². The van der Waals surface area contributed by atoms with Crippen molar-refractivity contribution in [3.05, 3.63) is 32.9 Å². The maximum absolute atomic E-state index is 12.3. The fraction of sp³-hybridized carbons (Fsp3) is 0.562. The molecule has 0 fully saturated rings. The van der Waals surface area contributed by atoms with Gasteiger partial charge in [0.1, 0.15) is 0 Å². The number of thioether (sulfide) groups is 1. The number of carbonyl (C=O) groups is 1. The predicted molar refractivity (Wildman–Crippen MR) is 98.5 cm³/mol. The number of hydrogen-bond donors (Lipinski definition) is 2. The number of hydrogen-bond acceptors (Lipinski definition) is 5. The second-order valence-electron chi connectivity index (χ2n) is 5.91. The maximum Gasteiger partial charge on any atom is 0.343 e. The van der Waals surface area contributed by atoms with Gasteiger partial charge in [-0.15, -0.1) is 16.4 Å². The van der Waals surface area contributed by atoms with Gasteiger partial charge in [-0.25, -0.2) is 9.89 Å². The first-order valence-corrected chi connectivity index (χ1v) is 10.00. The first-order chi connectivity index (χ1) is 11.5. The van der Waals surface area contributed by atoms with Crippen molar-refractivity contribution in [2.75, 3.05) is 5.75 Å². The third-order valence-corrected chi connectivity index (χ3v) is 5.56. The van der Waals surface area contributed by atoms with Crippen molar-refractivity contribution in [2.45, 2.75) is 51.4 Å². The minimum atomic E-state index is -0.218. The predicted octanol–water partition coefficient (Wildman–Crippen LogP) is 3.04. The maximum atomic E-state index is 12.3. The molecule has 0 aliphatic carbocycles. The van der Waals surface area contributed by atoms with Crippen LogP contribution in [0, 0.1) is 5.92 Å². The topological polar surface area (TPSA) is 79.8 Å². The summed E-state index contributed by atoms with van der Waals surface area (Å²) in [5.74, 6) is 0.501. The average Bonchev–Trinajstić information content (AvgIpc) is 3.18. The van der Waals surface area contributed by atoms with E-state index >= 15 is 0 Å². The summed E-state index contributed by atoms with van der Waals surface area (Å²) in [6, 6.07) is 4.05. The standard InChI is InChI=1S/C16H24N4O2S2/c1-4-5-8-20-15(22)18-19-16(20)24-10-13(21)17-14(11(2)3)12-7-6-9-23-12/h6-7,9,11,14H,4-5,8,10H2,1-3H3,(H,17,21)(H,18,22). The van der Waals surface area contributed by atoms with Gasteiger partial charge in [-0.3, -0.25) is 9.36 Å². The number of carbonyl (C=O) groups excluding carboxylic acids is 1. The molecular weight excluding hydrogens is 344 g/mol. The monoisotopic (exact) mass is 368 g/mol. The molecule has 2 rings (SSSR count). The molecule has 0 aliphatic rings. The Morgan fingerprint density at radius 1 is 1.50 bits per heavy atom. The van der Waals surface area contributed by atoms with Gasteiger partial charge in [0.15, 0.2) is 5.16 Å². The highest BCUT2D eigenvalue weighted by Gasteiger charge is 2.20. The Kier molecular flexibility index (Phi) is 7.11. The Bertz CT molecular complexity index is 691. The lowest BCUT2D eigenvalue weighted by molar-refractivity contribution is -0.119. The van der Waals surface area contributed by atoms with E-state index in [1.54, 1.807) is 15.9 Å². The number of aromatic nitrogens is 3. The van der Waals surface area contributed by atoms with E-state index in [0.29, 0.717) is 17.6 Å². The van der Waals surface area contributed by atoms with Crippen molar-refractivity contribution in [1.82, 2.24) is 20.1 Å². The molecule has 0 aliphatic heterocycles. The van der Waals surface area contributed by atoms with Crippen molar-refractivity contribution in [1.29, 1.82) is 0 Å². The fourth-order valence-corrected chi connectivity index (χ4v) is 4.04. The number of amides is 1. The molecule has 0 saturated heterocycles. The molecule has 6 nitrogen and oxygen atoms in total. The van der Waals surface area contributed by atoms with Crippen LogP contribution in [0.4, 0.5) is 0 Å². The molecule has 0 saturated carbocycles. The third kappa shape index (κ3) is 4.98. The summed E-state index contributed by atoms with van der Waals surface area (Å²) in [6.45, 7) is 6.88. The lowest BCUT2D eigenvalue weighted by atomic mass is 10.0. The van der Waals surface area contributed by atoms with Gasteiger partial charge in [-0.1, -0.05) is 45.0 Å². The number of nitrogens with one attached hydrogen (secondary N) is 2. The van der Waals surface area contributed by atoms with Crippen LogP contribution in [0.1, 0.15) is 44.5 Å². The van der Waals surface area contributed by atoms with E-state index in [2.05, 4.69) is 36.3 Å². The molecule has 2 N–H and O–H groups in total. The third-order valence-electron chi connectivity index (χ3n) is 3.62. The highest BCUT2D eigenvalue weighted by Crippen LogP contribution is 2.26. The minimum absolute atomic E-state index is 0.0135. The van der Waals surface area contributed by atoms with Crippen LogP contribution in [0.5, 0.6) is 0 Å². The van der Waals surface area contributed by atoms with E-state index < -0.39 is 0 Å². The molecule has 0 radical (unpaired) electrons. The Labute approximate surface area is 150 Å². The van der Waals surface area contributed by atoms with Crippen LogP contribution in [0.25, 0.3) is 0 Å². The average molecular weight is 369 g/mol. The van der Waals surface area contributed by atoms with Crippen molar-refractivity contribution < 1.29 is 4.79 Å². The molecule has 8 heteroatoms. The second kappa shape index (κ2) is 9.08. The zero-order valence-corrected chi connectivity index (χ0v) is 15.9. The Morgan fingerprint density at radius 2 is 2.29 bits per heavy atom. The number of nitrogens with zero attached hydrogens (tertiary/aromatic N) is 2. The normalized spacial score (nSPS) is 12.5. The lowest BCUT2D eigenvalue weighted by Crippen LogP contribution is -2.32. The van der Waals surface area contributed by atoms with E-state index in [1.165, 1.54) is 11.8 Å². The van der Waals surface area contributed by atoms with Crippen LogP contribution in [0.2, 0.25) is 0 Å². The van der Waals surface area contributed by atoms with Gasteiger partial charge < -0.3 is 5.32 Å². The van der Waals surface area contributed by atoms with Crippen LogP contribution in [-0.2, 0) is 11.3 Å². The van der Waals surface area contributed by atoms with Crippen LogP contribution in [-0.4, -0.2) is 26.4 Å². The molecule has 0 spiro atoms. The highest BCUT2D eigenvalue weighted by atomic mass is 32.2. The highest BCUT2D eigenvalue weighted by molar-refractivity contribution is 7.99. The van der Waals surface area contributed by atoms with Crippen LogP contribution in [0.15, 0.2) is 27.5 Å². The number of aromatic amines is 1. The van der Waals surface area contributed by atoms with Crippen LogP contribution in [0.3, 0.4) is 0 Å². The summed E-state index contributed by atoms with van der Waals surface area (Å²) < 4.78 is 1.60. The van der Waals surface area contributed by atoms with Gasteiger partial charge in [0.2, 0.25) is 5.91 Å². The van der Waals surface area contributed by atoms with Crippen molar-refractivity contribution in [3.63, 3.8) is 0 Å². The number of H-pyrrole nitrogens is 1. The Balaban J connectivity index is 1.94. The summed E-state index contributed by atoms with van der Waals surface area (Å²) in [5, 5.41) is 12.1. The molecule has 1 atom stereocenters. The number of thiophene rings is 1. The molecular formula is C16H24N4O2S2. The first-order valence-electron chi connectivity index (χ1n) is 8.13. The minimum Gasteiger partial charge on any atom is -0.347 e. The largest absolute Gasteiger partial charge is 0.347 e. The van der Waals surface area contributed by atoms with Gasteiger partial charge >= 0.3 is 5.69 Å². The van der Waals surface area contributed by atoms with Gasteiger partial charge in [-0.2, -0.15) is 0 Å². The van der Waals surface area contributed by atoms with Crippen molar-refractivity contribution in [3.8, 4) is 0 Å². The molecule has 132 valence electrons. The zero-order chi connectivity index (χ0) is 17.5. The van der Waals surface area contributed by atoms with Crippen molar-refractivity contribution in [2.24, 2.45) is 5.92 Å². The van der Waals surface area contributed by atoms with E-state index in [4.69, 9.17) is 0 Å². The first kappa shape index (κ1) is 18.8. The van der Waals surface area contributed by atoms with Crippen molar-refractivity contribution >= 4 is 29.0 Å². The van der Waals surface area contributed by atoms with E-state index in [1.807, 2.05) is 17.5 Å². The van der Waals surface area contributed by atoms with E-state index in [0.717, 1.165) is 17.7 Å². The fourth-order valence-electron chi connectivity index (χ4n) is 2.31. The summed E-state index contributed by atoms with van der Waals surface area (Å²) in [6.07, 6.45) is 1.91. The lowest BCUT2D eigenvalue weighted by Gasteiger charge is -2.21. The van der Waals surface area contributed by atoms with Gasteiger partial charge in [-0.05, 0) is 23.8 Å². The zero-order valence-electron chi connectivity index (χ0n) is 14.2. The Hall–Kier alpha value is -1.54. The molecule has 2 aromatic heterocycles.